The highest BCUT2D eigenvalue weighted by molar-refractivity contribution is 6.32. The number of nitriles is 2. The lowest BCUT2D eigenvalue weighted by atomic mass is 10.3. The number of para-hydroxylation sites is 1. The number of hydrogen-bond acceptors (Lipinski definition) is 5. The Hall–Kier alpha value is -2.38. The van der Waals surface area contributed by atoms with Gasteiger partial charge in [0.25, 0.3) is 0 Å². The van der Waals surface area contributed by atoms with Crippen molar-refractivity contribution in [1.82, 2.24) is 0 Å². The number of ether oxygens (including phenoxy) is 1. The molecule has 0 heterocycles. The van der Waals surface area contributed by atoms with Gasteiger partial charge in [-0.1, -0.05) is 17.7 Å². The second-order valence-electron chi connectivity index (χ2n) is 2.79. The summed E-state index contributed by atoms with van der Waals surface area (Å²) in [5, 5.41) is 20.3. The zero-order chi connectivity index (χ0) is 13.5. The Kier molecular flexibility index (Phi) is 4.85. The molecule has 0 unspecified atom stereocenters. The first-order chi connectivity index (χ1) is 8.58. The van der Waals surface area contributed by atoms with Crippen molar-refractivity contribution < 1.29 is 13.5 Å². The van der Waals surface area contributed by atoms with E-state index in [-0.39, 0.29) is 16.5 Å². The van der Waals surface area contributed by atoms with Gasteiger partial charge >= 0.3 is 6.61 Å². The summed E-state index contributed by atoms with van der Waals surface area (Å²) >= 11 is 5.68. The molecule has 8 heteroatoms. The molecule has 0 aliphatic carbocycles. The fraction of sp³-hybridized carbons (Fsp3) is 0.100. The molecule has 0 amide bonds. The van der Waals surface area contributed by atoms with Gasteiger partial charge in [0, 0.05) is 0 Å². The quantitative estimate of drug-likeness (QED) is 0.674. The normalized spacial score (nSPS) is 9.22. The van der Waals surface area contributed by atoms with E-state index in [2.05, 4.69) is 15.3 Å². The highest BCUT2D eigenvalue weighted by Crippen LogP contribution is 2.34. The van der Waals surface area contributed by atoms with Gasteiger partial charge < -0.3 is 4.74 Å². The van der Waals surface area contributed by atoms with Gasteiger partial charge in [-0.3, -0.25) is 5.43 Å². The van der Waals surface area contributed by atoms with E-state index in [0.29, 0.717) is 0 Å². The highest BCUT2D eigenvalue weighted by Gasteiger charge is 2.13. The maximum Gasteiger partial charge on any atom is 0.387 e. The van der Waals surface area contributed by atoms with E-state index >= 15 is 0 Å². The molecule has 0 aliphatic rings. The third-order valence-corrected chi connectivity index (χ3v) is 1.97. The average molecular weight is 271 g/mol. The maximum atomic E-state index is 12.2. The average Bonchev–Trinajstić information content (AvgIpc) is 2.34. The zero-order valence-electron chi connectivity index (χ0n) is 8.69. The van der Waals surface area contributed by atoms with Crippen LogP contribution in [-0.2, 0) is 0 Å². The molecule has 92 valence electrons. The van der Waals surface area contributed by atoms with E-state index in [1.54, 1.807) is 0 Å². The topological polar surface area (TPSA) is 81.2 Å². The number of hydrazone groups is 1. The van der Waals surface area contributed by atoms with Gasteiger partial charge in [0.1, 0.15) is 17.8 Å². The van der Waals surface area contributed by atoms with Crippen LogP contribution in [0.15, 0.2) is 23.3 Å². The molecule has 0 fully saturated rings. The van der Waals surface area contributed by atoms with E-state index in [4.69, 9.17) is 22.1 Å². The van der Waals surface area contributed by atoms with Gasteiger partial charge in [0.2, 0.25) is 5.71 Å². The summed E-state index contributed by atoms with van der Waals surface area (Å²) in [7, 11) is 0. The van der Waals surface area contributed by atoms with E-state index in [1.165, 1.54) is 30.3 Å². The molecular formula is C10H5ClF2N4O. The molecular weight excluding hydrogens is 266 g/mol. The van der Waals surface area contributed by atoms with E-state index < -0.39 is 12.3 Å². The molecule has 0 atom stereocenters. The van der Waals surface area contributed by atoms with E-state index in [1.807, 2.05) is 0 Å². The Labute approximate surface area is 106 Å². The Morgan fingerprint density at radius 3 is 2.61 bits per heavy atom. The molecule has 0 aliphatic heterocycles. The standard InChI is InChI=1S/C10H5ClF2N4O/c11-7-2-1-3-8(9(7)18-10(12)13)17-16-6(4-14)5-15/h1-3,10,17H. The fourth-order valence-electron chi connectivity index (χ4n) is 0.997. The minimum Gasteiger partial charge on any atom is -0.431 e. The van der Waals surface area contributed by atoms with Crippen LogP contribution < -0.4 is 10.2 Å². The largest absolute Gasteiger partial charge is 0.431 e. The molecule has 1 N–H and O–H groups in total. The van der Waals surface area contributed by atoms with Gasteiger partial charge in [-0.15, -0.1) is 0 Å². The van der Waals surface area contributed by atoms with Crippen LogP contribution in [0.2, 0.25) is 5.02 Å². The molecule has 0 aromatic heterocycles. The van der Waals surface area contributed by atoms with E-state index in [9.17, 15) is 8.78 Å². The zero-order valence-corrected chi connectivity index (χ0v) is 9.45. The summed E-state index contributed by atoms with van der Waals surface area (Å²) in [4.78, 5) is 0. The molecule has 1 rings (SSSR count). The first-order valence-electron chi connectivity index (χ1n) is 4.45. The number of halogens is 3. The number of nitrogens with one attached hydrogen (secondary N) is 1. The predicted molar refractivity (Wildman–Crippen MR) is 60.4 cm³/mol. The Balaban J connectivity index is 3.03. The number of benzene rings is 1. The van der Waals surface area contributed by atoms with Gasteiger partial charge in [0.15, 0.2) is 5.75 Å². The third kappa shape index (κ3) is 3.58. The summed E-state index contributed by atoms with van der Waals surface area (Å²) in [6.45, 7) is -3.05. The number of alkyl halides is 2. The van der Waals surface area contributed by atoms with Gasteiger partial charge in [-0.05, 0) is 12.1 Å². The van der Waals surface area contributed by atoms with Crippen LogP contribution in [0.3, 0.4) is 0 Å². The minimum absolute atomic E-state index is 0.0193. The van der Waals surface area contributed by atoms with Crippen molar-refractivity contribution in [3.63, 3.8) is 0 Å². The predicted octanol–water partition coefficient (Wildman–Crippen LogP) is 2.76. The van der Waals surface area contributed by atoms with Crippen LogP contribution in [0.25, 0.3) is 0 Å². The molecule has 1 aromatic carbocycles. The second-order valence-corrected chi connectivity index (χ2v) is 3.20. The van der Waals surface area contributed by atoms with Crippen LogP contribution in [0, 0.1) is 22.7 Å². The van der Waals surface area contributed by atoms with Gasteiger partial charge in [-0.25, -0.2) is 0 Å². The Bertz CT molecular complexity index is 532. The summed E-state index contributed by atoms with van der Waals surface area (Å²) in [6.07, 6.45) is 0. The second kappa shape index (κ2) is 6.38. The van der Waals surface area contributed by atoms with Crippen molar-refractivity contribution in [3.8, 4) is 17.9 Å². The van der Waals surface area contributed by atoms with Gasteiger partial charge in [0.05, 0.1) is 5.02 Å². The van der Waals surface area contributed by atoms with Gasteiger partial charge in [-0.2, -0.15) is 24.4 Å². The Morgan fingerprint density at radius 1 is 1.39 bits per heavy atom. The SMILES string of the molecule is N#CC(C#N)=NNc1cccc(Cl)c1OC(F)F. The molecule has 0 spiro atoms. The Morgan fingerprint density at radius 2 is 2.06 bits per heavy atom. The smallest absolute Gasteiger partial charge is 0.387 e. The molecule has 0 saturated carbocycles. The monoisotopic (exact) mass is 270 g/mol. The van der Waals surface area contributed by atoms with Crippen molar-refractivity contribution in [2.45, 2.75) is 6.61 Å². The van der Waals surface area contributed by atoms with Crippen molar-refractivity contribution in [1.29, 1.82) is 10.5 Å². The van der Waals surface area contributed by atoms with Crippen molar-refractivity contribution >= 4 is 23.0 Å². The summed E-state index contributed by atoms with van der Waals surface area (Å²) in [5.41, 5.74) is 1.82. The minimum atomic E-state index is -3.05. The first-order valence-corrected chi connectivity index (χ1v) is 4.83. The van der Waals surface area contributed by atoms with Crippen LogP contribution in [0.5, 0.6) is 5.75 Å². The summed E-state index contributed by atoms with van der Waals surface area (Å²) < 4.78 is 28.5. The number of anilines is 1. The maximum absolute atomic E-state index is 12.2. The third-order valence-electron chi connectivity index (χ3n) is 1.67. The molecule has 18 heavy (non-hydrogen) atoms. The lowest BCUT2D eigenvalue weighted by molar-refractivity contribution is -0.0493. The number of hydrogen-bond donors (Lipinski definition) is 1. The number of rotatable bonds is 4. The van der Waals surface area contributed by atoms with Crippen LogP contribution in [0.1, 0.15) is 0 Å². The molecule has 0 radical (unpaired) electrons. The van der Waals surface area contributed by atoms with E-state index in [0.717, 1.165) is 0 Å². The lowest BCUT2D eigenvalue weighted by Crippen LogP contribution is -2.05. The van der Waals surface area contributed by atoms with Crippen LogP contribution in [0.4, 0.5) is 14.5 Å². The summed E-state index contributed by atoms with van der Waals surface area (Å²) in [5.74, 6) is -0.312. The van der Waals surface area contributed by atoms with Crippen molar-refractivity contribution in [2.75, 3.05) is 5.43 Å². The number of nitrogens with zero attached hydrogens (tertiary/aromatic N) is 3. The molecule has 0 saturated heterocycles. The van der Waals surface area contributed by atoms with Crippen molar-refractivity contribution in [3.05, 3.63) is 23.2 Å². The molecule has 0 bridgehead atoms. The molecule has 1 aromatic rings. The van der Waals surface area contributed by atoms with Crippen LogP contribution in [-0.4, -0.2) is 12.3 Å². The van der Waals surface area contributed by atoms with Crippen molar-refractivity contribution in [2.24, 2.45) is 5.10 Å². The lowest BCUT2D eigenvalue weighted by Gasteiger charge is -2.11. The first kappa shape index (κ1) is 13.7. The fourth-order valence-corrected chi connectivity index (χ4v) is 1.22. The molecule has 5 nitrogen and oxygen atoms in total. The van der Waals surface area contributed by atoms with Crippen LogP contribution >= 0.6 is 11.6 Å². The summed E-state index contributed by atoms with van der Waals surface area (Å²) in [6, 6.07) is 7.18. The highest BCUT2D eigenvalue weighted by atomic mass is 35.5.